The summed E-state index contributed by atoms with van der Waals surface area (Å²) in [5, 5.41) is 18.0. The molecule has 1 saturated carbocycles. The van der Waals surface area contributed by atoms with Gasteiger partial charge in [-0.3, -0.25) is 0 Å². The van der Waals surface area contributed by atoms with Crippen LogP contribution in [0, 0.1) is 5.92 Å². The van der Waals surface area contributed by atoms with Crippen molar-refractivity contribution in [2.24, 2.45) is 5.92 Å². The maximum atomic E-state index is 9.27. The van der Waals surface area contributed by atoms with Gasteiger partial charge in [-0.15, -0.1) is 0 Å². The van der Waals surface area contributed by atoms with E-state index in [4.69, 9.17) is 5.11 Å². The van der Waals surface area contributed by atoms with Gasteiger partial charge in [0, 0.05) is 6.54 Å². The van der Waals surface area contributed by atoms with E-state index >= 15 is 0 Å². The molecule has 1 unspecified atom stereocenters. The Labute approximate surface area is 93.1 Å². The third-order valence-corrected chi connectivity index (χ3v) is 3.38. The zero-order valence-corrected chi connectivity index (χ0v) is 9.86. The molecule has 0 saturated heterocycles. The maximum absolute atomic E-state index is 9.27. The molecule has 0 bridgehead atoms. The van der Waals surface area contributed by atoms with Crippen LogP contribution in [-0.2, 0) is 0 Å². The Balaban J connectivity index is 2.07. The summed E-state index contributed by atoms with van der Waals surface area (Å²) < 4.78 is 0. The zero-order chi connectivity index (χ0) is 11.1. The zero-order valence-electron chi connectivity index (χ0n) is 9.86. The van der Waals surface area contributed by atoms with Crippen molar-refractivity contribution in [3.05, 3.63) is 0 Å². The summed E-state index contributed by atoms with van der Waals surface area (Å²) in [4.78, 5) is 2.12. The predicted octanol–water partition coefficient (Wildman–Crippen LogP) is 1.24. The Hall–Kier alpha value is -0.120. The van der Waals surface area contributed by atoms with Gasteiger partial charge in [0.25, 0.3) is 0 Å². The number of nitrogens with zero attached hydrogens (tertiary/aromatic N) is 1. The van der Waals surface area contributed by atoms with E-state index in [1.165, 1.54) is 38.5 Å². The average Bonchev–Trinajstić information content (AvgIpc) is 2.27. The van der Waals surface area contributed by atoms with Crippen molar-refractivity contribution in [1.82, 2.24) is 4.90 Å². The van der Waals surface area contributed by atoms with Crippen molar-refractivity contribution < 1.29 is 10.2 Å². The fraction of sp³-hybridized carbons (Fsp3) is 1.00. The minimum absolute atomic E-state index is 0.131. The van der Waals surface area contributed by atoms with Gasteiger partial charge < -0.3 is 15.1 Å². The summed E-state index contributed by atoms with van der Waals surface area (Å²) in [5.41, 5.74) is 0. The predicted molar refractivity (Wildman–Crippen MR) is 61.8 cm³/mol. The molecule has 0 spiro atoms. The molecule has 3 nitrogen and oxygen atoms in total. The van der Waals surface area contributed by atoms with Gasteiger partial charge in [-0.1, -0.05) is 32.1 Å². The molecule has 0 amide bonds. The topological polar surface area (TPSA) is 43.7 Å². The van der Waals surface area contributed by atoms with Crippen molar-refractivity contribution >= 4 is 0 Å². The minimum atomic E-state index is -0.582. The summed E-state index contributed by atoms with van der Waals surface area (Å²) in [5.74, 6) is 0.896. The van der Waals surface area contributed by atoms with Crippen molar-refractivity contribution in [2.45, 2.75) is 44.6 Å². The molecular weight excluding hydrogens is 190 g/mol. The first-order valence-corrected chi connectivity index (χ1v) is 6.20. The highest BCUT2D eigenvalue weighted by Gasteiger charge is 2.14. The number of aliphatic hydroxyl groups is 2. The van der Waals surface area contributed by atoms with Gasteiger partial charge in [0.2, 0.25) is 0 Å². The molecule has 0 aromatic heterocycles. The maximum Gasteiger partial charge on any atom is 0.0897 e. The second kappa shape index (κ2) is 7.20. The van der Waals surface area contributed by atoms with Gasteiger partial charge in [-0.05, 0) is 25.9 Å². The number of hydrogen-bond acceptors (Lipinski definition) is 3. The van der Waals surface area contributed by atoms with Crippen LogP contribution in [0.4, 0.5) is 0 Å². The molecule has 3 heteroatoms. The first kappa shape index (κ1) is 12.9. The van der Waals surface area contributed by atoms with Gasteiger partial charge in [-0.2, -0.15) is 0 Å². The lowest BCUT2D eigenvalue weighted by atomic mass is 9.87. The highest BCUT2D eigenvalue weighted by molar-refractivity contribution is 4.68. The number of aliphatic hydroxyl groups excluding tert-OH is 2. The van der Waals surface area contributed by atoms with Crippen LogP contribution in [0.5, 0.6) is 0 Å². The summed E-state index contributed by atoms with van der Waals surface area (Å²) in [6, 6.07) is 0. The van der Waals surface area contributed by atoms with E-state index in [9.17, 15) is 5.11 Å². The molecule has 0 heterocycles. The molecule has 15 heavy (non-hydrogen) atoms. The van der Waals surface area contributed by atoms with E-state index in [1.54, 1.807) is 0 Å². The van der Waals surface area contributed by atoms with Gasteiger partial charge in [-0.25, -0.2) is 0 Å². The van der Waals surface area contributed by atoms with Gasteiger partial charge in [0.1, 0.15) is 0 Å². The quantitative estimate of drug-likeness (QED) is 0.700. The molecule has 2 N–H and O–H groups in total. The standard InChI is InChI=1S/C12H25NO2/c1-13(9-12(15)10-14)8-7-11-5-3-2-4-6-11/h11-12,14-15H,2-10H2,1H3. The third kappa shape index (κ3) is 5.50. The minimum Gasteiger partial charge on any atom is -0.394 e. The Morgan fingerprint density at radius 3 is 2.53 bits per heavy atom. The smallest absolute Gasteiger partial charge is 0.0897 e. The van der Waals surface area contributed by atoms with Crippen molar-refractivity contribution in [2.75, 3.05) is 26.7 Å². The first-order chi connectivity index (χ1) is 7.22. The summed E-state index contributed by atoms with van der Waals surface area (Å²) >= 11 is 0. The van der Waals surface area contributed by atoms with E-state index in [1.807, 2.05) is 7.05 Å². The highest BCUT2D eigenvalue weighted by Crippen LogP contribution is 2.26. The Morgan fingerprint density at radius 1 is 1.27 bits per heavy atom. The van der Waals surface area contributed by atoms with Crippen molar-refractivity contribution in [3.8, 4) is 0 Å². The fourth-order valence-electron chi connectivity index (χ4n) is 2.39. The Bertz CT molecular complexity index is 158. The molecule has 90 valence electrons. The van der Waals surface area contributed by atoms with E-state index in [-0.39, 0.29) is 6.61 Å². The number of likely N-dealkylation sites (N-methyl/N-ethyl adjacent to an activating group) is 1. The molecule has 0 aromatic carbocycles. The number of rotatable bonds is 6. The lowest BCUT2D eigenvalue weighted by Crippen LogP contribution is -2.32. The van der Waals surface area contributed by atoms with E-state index in [2.05, 4.69) is 4.90 Å². The summed E-state index contributed by atoms with van der Waals surface area (Å²) in [7, 11) is 2.02. The SMILES string of the molecule is CN(CCC1CCCCC1)CC(O)CO. The van der Waals surface area contributed by atoms with E-state index < -0.39 is 6.10 Å². The van der Waals surface area contributed by atoms with Crippen LogP contribution >= 0.6 is 0 Å². The van der Waals surface area contributed by atoms with Crippen LogP contribution < -0.4 is 0 Å². The van der Waals surface area contributed by atoms with Crippen LogP contribution in [0.25, 0.3) is 0 Å². The Morgan fingerprint density at radius 2 is 1.93 bits per heavy atom. The summed E-state index contributed by atoms with van der Waals surface area (Å²) in [6.45, 7) is 1.50. The largest absolute Gasteiger partial charge is 0.394 e. The van der Waals surface area contributed by atoms with Gasteiger partial charge in [0.15, 0.2) is 0 Å². The van der Waals surface area contributed by atoms with Gasteiger partial charge in [0.05, 0.1) is 12.7 Å². The molecule has 1 rings (SSSR count). The summed E-state index contributed by atoms with van der Waals surface area (Å²) in [6.07, 6.45) is 7.64. The highest BCUT2D eigenvalue weighted by atomic mass is 16.3. The second-order valence-corrected chi connectivity index (χ2v) is 4.89. The molecular formula is C12H25NO2. The van der Waals surface area contributed by atoms with E-state index in [0.29, 0.717) is 6.54 Å². The lowest BCUT2D eigenvalue weighted by molar-refractivity contribution is 0.0646. The monoisotopic (exact) mass is 215 g/mol. The molecule has 1 aliphatic carbocycles. The van der Waals surface area contributed by atoms with Crippen LogP contribution in [0.3, 0.4) is 0 Å². The Kier molecular flexibility index (Phi) is 6.22. The first-order valence-electron chi connectivity index (χ1n) is 6.20. The van der Waals surface area contributed by atoms with Crippen LogP contribution in [0.2, 0.25) is 0 Å². The molecule has 1 fully saturated rings. The molecule has 0 aliphatic heterocycles. The van der Waals surface area contributed by atoms with Crippen molar-refractivity contribution in [3.63, 3.8) is 0 Å². The number of hydrogen-bond donors (Lipinski definition) is 2. The normalized spacial score (nSPS) is 20.8. The second-order valence-electron chi connectivity index (χ2n) is 4.89. The molecule has 0 aromatic rings. The van der Waals surface area contributed by atoms with Crippen LogP contribution in [0.15, 0.2) is 0 Å². The van der Waals surface area contributed by atoms with Crippen molar-refractivity contribution in [1.29, 1.82) is 0 Å². The van der Waals surface area contributed by atoms with E-state index in [0.717, 1.165) is 12.5 Å². The molecule has 1 atom stereocenters. The van der Waals surface area contributed by atoms with Gasteiger partial charge >= 0.3 is 0 Å². The molecule has 1 aliphatic rings. The molecule has 0 radical (unpaired) electrons. The third-order valence-electron chi connectivity index (χ3n) is 3.38. The van der Waals surface area contributed by atoms with Crippen LogP contribution in [-0.4, -0.2) is 48.0 Å². The van der Waals surface area contributed by atoms with Crippen LogP contribution in [0.1, 0.15) is 38.5 Å². The average molecular weight is 215 g/mol. The fourth-order valence-corrected chi connectivity index (χ4v) is 2.39. The lowest BCUT2D eigenvalue weighted by Gasteiger charge is -2.25.